The number of nitro groups is 1. The van der Waals surface area contributed by atoms with E-state index in [1.54, 1.807) is 22.8 Å². The Labute approximate surface area is 142 Å². The van der Waals surface area contributed by atoms with E-state index in [4.69, 9.17) is 0 Å². The minimum absolute atomic E-state index is 0.0561. The van der Waals surface area contributed by atoms with Crippen LogP contribution in [0.4, 0.5) is 5.69 Å². The summed E-state index contributed by atoms with van der Waals surface area (Å²) in [5.41, 5.74) is 4.31. The van der Waals surface area contributed by atoms with Crippen molar-refractivity contribution in [1.29, 1.82) is 0 Å². The minimum atomic E-state index is -0.496. The van der Waals surface area contributed by atoms with Crippen molar-refractivity contribution in [3.8, 4) is 0 Å². The van der Waals surface area contributed by atoms with E-state index in [0.717, 1.165) is 16.9 Å². The fourth-order valence-electron chi connectivity index (χ4n) is 2.51. The molecule has 0 radical (unpaired) electrons. The molecule has 0 aliphatic rings. The second kappa shape index (κ2) is 6.91. The molecular formula is C17H15N5O3. The maximum Gasteiger partial charge on any atom is 0.278 e. The van der Waals surface area contributed by atoms with Gasteiger partial charge >= 0.3 is 0 Å². The number of benzene rings is 2. The molecule has 8 heteroatoms. The summed E-state index contributed by atoms with van der Waals surface area (Å²) in [6.45, 7) is 1.88. The van der Waals surface area contributed by atoms with Gasteiger partial charge in [-0.15, -0.1) is 0 Å². The fourth-order valence-corrected chi connectivity index (χ4v) is 2.51. The predicted molar refractivity (Wildman–Crippen MR) is 93.3 cm³/mol. The molecule has 0 unspecified atom stereocenters. The number of carbonyl (C=O) groups is 1. The number of hydrazone groups is 1. The van der Waals surface area contributed by atoms with E-state index >= 15 is 0 Å². The van der Waals surface area contributed by atoms with Crippen molar-refractivity contribution in [2.24, 2.45) is 5.10 Å². The quantitative estimate of drug-likeness (QED) is 0.439. The summed E-state index contributed by atoms with van der Waals surface area (Å²) in [6.07, 6.45) is 1.26. The van der Waals surface area contributed by atoms with Gasteiger partial charge in [-0.3, -0.25) is 14.9 Å². The number of aromatic nitrogens is 2. The van der Waals surface area contributed by atoms with E-state index < -0.39 is 4.92 Å². The fraction of sp³-hybridized carbons (Fsp3) is 0.118. The molecule has 0 aliphatic carbocycles. The molecule has 25 heavy (non-hydrogen) atoms. The summed E-state index contributed by atoms with van der Waals surface area (Å²) < 4.78 is 1.78. The first-order valence-corrected chi connectivity index (χ1v) is 7.53. The number of rotatable bonds is 5. The zero-order valence-electron chi connectivity index (χ0n) is 13.4. The third-order valence-electron chi connectivity index (χ3n) is 3.67. The number of nitrogens with zero attached hydrogens (tertiary/aromatic N) is 4. The summed E-state index contributed by atoms with van der Waals surface area (Å²) in [5.74, 6) is 0.375. The van der Waals surface area contributed by atoms with Gasteiger partial charge in [-0.1, -0.05) is 24.3 Å². The largest absolute Gasteiger partial charge is 0.319 e. The standard InChI is InChI=1S/C17H15N5O3/c1-12-19-14-7-3-5-9-16(14)21(12)11-17(23)20-18-10-13-6-2-4-8-15(13)22(24)25/h2-10H,11H2,1H3,(H,20,23). The number of imidazole rings is 1. The lowest BCUT2D eigenvalue weighted by atomic mass is 10.2. The summed E-state index contributed by atoms with van der Waals surface area (Å²) in [6, 6.07) is 13.7. The van der Waals surface area contributed by atoms with E-state index in [0.29, 0.717) is 5.56 Å². The summed E-state index contributed by atoms with van der Waals surface area (Å²) >= 11 is 0. The summed E-state index contributed by atoms with van der Waals surface area (Å²) in [7, 11) is 0. The molecule has 0 fully saturated rings. The van der Waals surface area contributed by atoms with Gasteiger partial charge in [0.25, 0.3) is 11.6 Å². The van der Waals surface area contributed by atoms with Crippen LogP contribution in [0.1, 0.15) is 11.4 Å². The lowest BCUT2D eigenvalue weighted by Crippen LogP contribution is -2.23. The molecule has 1 heterocycles. The molecule has 1 N–H and O–H groups in total. The number of nitro benzene ring substituents is 1. The van der Waals surface area contributed by atoms with Crippen molar-refractivity contribution in [3.05, 3.63) is 70.0 Å². The van der Waals surface area contributed by atoms with E-state index in [1.807, 2.05) is 31.2 Å². The molecule has 2 aromatic carbocycles. The monoisotopic (exact) mass is 337 g/mol. The third-order valence-corrected chi connectivity index (χ3v) is 3.67. The topological polar surface area (TPSA) is 102 Å². The highest BCUT2D eigenvalue weighted by molar-refractivity contribution is 5.87. The van der Waals surface area contributed by atoms with Crippen LogP contribution in [0.2, 0.25) is 0 Å². The zero-order valence-corrected chi connectivity index (χ0v) is 13.4. The third kappa shape index (κ3) is 3.52. The maximum absolute atomic E-state index is 12.1. The average Bonchev–Trinajstić information content (AvgIpc) is 2.91. The Morgan fingerprint density at radius 1 is 1.28 bits per heavy atom. The van der Waals surface area contributed by atoms with Gasteiger partial charge in [0, 0.05) is 6.07 Å². The first kappa shape index (κ1) is 16.3. The number of para-hydroxylation sites is 3. The molecule has 1 amide bonds. The van der Waals surface area contributed by atoms with Crippen LogP contribution in [0.15, 0.2) is 53.6 Å². The second-order valence-corrected chi connectivity index (χ2v) is 5.34. The van der Waals surface area contributed by atoms with Crippen LogP contribution in [0, 0.1) is 17.0 Å². The van der Waals surface area contributed by atoms with Crippen molar-refractivity contribution < 1.29 is 9.72 Å². The normalized spacial score (nSPS) is 11.1. The molecule has 0 atom stereocenters. The van der Waals surface area contributed by atoms with E-state index in [9.17, 15) is 14.9 Å². The first-order valence-electron chi connectivity index (χ1n) is 7.53. The molecule has 8 nitrogen and oxygen atoms in total. The smallest absolute Gasteiger partial charge is 0.278 e. The highest BCUT2D eigenvalue weighted by Gasteiger charge is 2.11. The molecule has 0 bridgehead atoms. The number of aryl methyl sites for hydroxylation is 1. The van der Waals surface area contributed by atoms with Gasteiger partial charge < -0.3 is 4.57 Å². The minimum Gasteiger partial charge on any atom is -0.319 e. The lowest BCUT2D eigenvalue weighted by molar-refractivity contribution is -0.385. The SMILES string of the molecule is Cc1nc2ccccc2n1CC(=O)NN=Cc1ccccc1[N+](=O)[O-]. The number of hydrogen-bond acceptors (Lipinski definition) is 5. The molecule has 0 saturated heterocycles. The lowest BCUT2D eigenvalue weighted by Gasteiger charge is -2.05. The van der Waals surface area contributed by atoms with E-state index in [2.05, 4.69) is 15.5 Å². The Balaban J connectivity index is 1.71. The van der Waals surface area contributed by atoms with Crippen molar-refractivity contribution in [1.82, 2.24) is 15.0 Å². The molecule has 3 rings (SSSR count). The Morgan fingerprint density at radius 3 is 2.80 bits per heavy atom. The molecule has 1 aromatic heterocycles. The number of carbonyl (C=O) groups excluding carboxylic acids is 1. The van der Waals surface area contributed by atoms with Gasteiger partial charge in [0.2, 0.25) is 0 Å². The van der Waals surface area contributed by atoms with E-state index in [1.165, 1.54) is 12.3 Å². The van der Waals surface area contributed by atoms with Crippen molar-refractivity contribution >= 4 is 28.8 Å². The molecule has 126 valence electrons. The average molecular weight is 337 g/mol. The van der Waals surface area contributed by atoms with Gasteiger partial charge in [0.15, 0.2) is 0 Å². The van der Waals surface area contributed by atoms with Crippen molar-refractivity contribution in [3.63, 3.8) is 0 Å². The highest BCUT2D eigenvalue weighted by atomic mass is 16.6. The van der Waals surface area contributed by atoms with Crippen LogP contribution < -0.4 is 5.43 Å². The molecule has 0 saturated carbocycles. The van der Waals surface area contributed by atoms with Crippen molar-refractivity contribution in [2.75, 3.05) is 0 Å². The van der Waals surface area contributed by atoms with Crippen LogP contribution in [-0.4, -0.2) is 26.6 Å². The number of hydrogen-bond donors (Lipinski definition) is 1. The molecular weight excluding hydrogens is 322 g/mol. The summed E-state index contributed by atoms with van der Waals surface area (Å²) in [4.78, 5) is 26.9. The summed E-state index contributed by atoms with van der Waals surface area (Å²) in [5, 5.41) is 14.8. The zero-order chi connectivity index (χ0) is 17.8. The molecule has 0 aliphatic heterocycles. The van der Waals surface area contributed by atoms with Crippen LogP contribution in [0.5, 0.6) is 0 Å². The molecule has 3 aromatic rings. The Bertz CT molecular complexity index is 977. The van der Waals surface area contributed by atoms with Crippen molar-refractivity contribution in [2.45, 2.75) is 13.5 Å². The first-order chi connectivity index (χ1) is 12.1. The number of amides is 1. The highest BCUT2D eigenvalue weighted by Crippen LogP contribution is 2.16. The van der Waals surface area contributed by atoms with Gasteiger partial charge in [-0.05, 0) is 25.1 Å². The number of nitrogens with one attached hydrogen (secondary N) is 1. The Morgan fingerprint density at radius 2 is 2.00 bits per heavy atom. The van der Waals surface area contributed by atoms with Gasteiger partial charge in [-0.25, -0.2) is 10.4 Å². The maximum atomic E-state index is 12.1. The van der Waals surface area contributed by atoms with Crippen LogP contribution in [-0.2, 0) is 11.3 Å². The van der Waals surface area contributed by atoms with Gasteiger partial charge in [0.05, 0.1) is 27.7 Å². The van der Waals surface area contributed by atoms with Crippen LogP contribution in [0.3, 0.4) is 0 Å². The number of fused-ring (bicyclic) bond motifs is 1. The van der Waals surface area contributed by atoms with Crippen LogP contribution in [0.25, 0.3) is 11.0 Å². The molecule has 0 spiro atoms. The van der Waals surface area contributed by atoms with Gasteiger partial charge in [0.1, 0.15) is 12.4 Å². The predicted octanol–water partition coefficient (Wildman–Crippen LogP) is 2.40. The second-order valence-electron chi connectivity index (χ2n) is 5.34. The van der Waals surface area contributed by atoms with E-state index in [-0.39, 0.29) is 18.1 Å². The van der Waals surface area contributed by atoms with Gasteiger partial charge in [-0.2, -0.15) is 5.10 Å². The Kier molecular flexibility index (Phi) is 4.51. The Hall–Kier alpha value is -3.55. The van der Waals surface area contributed by atoms with Crippen LogP contribution >= 0.6 is 0 Å².